The molecule has 2 heterocycles. The molecule has 0 radical (unpaired) electrons. The van der Waals surface area contributed by atoms with Gasteiger partial charge in [0.05, 0.1) is 25.7 Å². The van der Waals surface area contributed by atoms with E-state index < -0.39 is 0 Å². The second kappa shape index (κ2) is 7.72. The van der Waals surface area contributed by atoms with Crippen LogP contribution in [0.2, 0.25) is 0 Å². The summed E-state index contributed by atoms with van der Waals surface area (Å²) in [7, 11) is 3.11. The molecule has 1 aromatic heterocycles. The summed E-state index contributed by atoms with van der Waals surface area (Å²) in [6, 6.07) is 15.2. The summed E-state index contributed by atoms with van der Waals surface area (Å²) in [6.07, 6.45) is 0.628. The molecular weight excluding hydrogens is 358 g/mol. The molecule has 1 aliphatic heterocycles. The van der Waals surface area contributed by atoms with E-state index >= 15 is 0 Å². The first-order chi connectivity index (χ1) is 13.7. The second-order valence-electron chi connectivity index (χ2n) is 6.68. The number of nitrogens with zero attached hydrogens (tertiary/aromatic N) is 3. The molecule has 2 aromatic carbocycles. The van der Waals surface area contributed by atoms with Gasteiger partial charge in [-0.25, -0.2) is 0 Å². The number of aromatic nitrogens is 2. The number of carbonyl (C=O) groups is 1. The lowest BCUT2D eigenvalue weighted by atomic mass is 9.98. The van der Waals surface area contributed by atoms with Crippen LogP contribution in [0.15, 0.2) is 53.1 Å². The van der Waals surface area contributed by atoms with Gasteiger partial charge in [-0.3, -0.25) is 4.79 Å². The fourth-order valence-corrected chi connectivity index (χ4v) is 3.23. The highest BCUT2D eigenvalue weighted by Crippen LogP contribution is 2.31. The van der Waals surface area contributed by atoms with E-state index in [2.05, 4.69) is 10.1 Å². The monoisotopic (exact) mass is 379 g/mol. The summed E-state index contributed by atoms with van der Waals surface area (Å²) in [5.41, 5.74) is 1.64. The average molecular weight is 379 g/mol. The van der Waals surface area contributed by atoms with E-state index in [0.717, 1.165) is 5.56 Å². The summed E-state index contributed by atoms with van der Waals surface area (Å²) in [5.74, 6) is 2.35. The van der Waals surface area contributed by atoms with Crippen LogP contribution in [0.25, 0.3) is 0 Å². The Morgan fingerprint density at radius 3 is 2.64 bits per heavy atom. The summed E-state index contributed by atoms with van der Waals surface area (Å²) >= 11 is 0. The molecule has 0 atom stereocenters. The third kappa shape index (κ3) is 3.55. The van der Waals surface area contributed by atoms with Gasteiger partial charge in [0.25, 0.3) is 5.91 Å². The van der Waals surface area contributed by atoms with Crippen molar-refractivity contribution in [3.05, 3.63) is 71.4 Å². The van der Waals surface area contributed by atoms with E-state index in [1.54, 1.807) is 30.2 Å². The van der Waals surface area contributed by atoms with Crippen LogP contribution in [0, 0.1) is 0 Å². The van der Waals surface area contributed by atoms with Crippen LogP contribution >= 0.6 is 0 Å². The number of ether oxygens (including phenoxy) is 2. The molecule has 3 aromatic rings. The van der Waals surface area contributed by atoms with Gasteiger partial charge in [-0.15, -0.1) is 0 Å². The smallest absolute Gasteiger partial charge is 0.257 e. The molecule has 1 amide bonds. The fourth-order valence-electron chi connectivity index (χ4n) is 3.23. The highest BCUT2D eigenvalue weighted by molar-refractivity contribution is 5.97. The number of likely N-dealkylation sites (tertiary alicyclic amines) is 1. The number of benzene rings is 2. The van der Waals surface area contributed by atoms with Crippen LogP contribution in [0.1, 0.15) is 33.6 Å². The maximum atomic E-state index is 12.8. The molecule has 4 rings (SSSR count). The summed E-state index contributed by atoms with van der Waals surface area (Å²) in [5, 5.41) is 4.07. The number of hydrogen-bond acceptors (Lipinski definition) is 6. The van der Waals surface area contributed by atoms with Crippen LogP contribution in [0.4, 0.5) is 0 Å². The van der Waals surface area contributed by atoms with Gasteiger partial charge in [0.1, 0.15) is 11.5 Å². The van der Waals surface area contributed by atoms with E-state index in [-0.39, 0.29) is 11.8 Å². The number of amides is 1. The molecule has 0 bridgehead atoms. The molecule has 1 aliphatic rings. The van der Waals surface area contributed by atoms with Crippen molar-refractivity contribution in [2.45, 2.75) is 12.3 Å². The van der Waals surface area contributed by atoms with Gasteiger partial charge in [-0.2, -0.15) is 4.98 Å². The third-order valence-electron chi connectivity index (χ3n) is 4.85. The number of hydrogen-bond donors (Lipinski definition) is 0. The first-order valence-corrected chi connectivity index (χ1v) is 9.05. The van der Waals surface area contributed by atoms with Crippen molar-refractivity contribution < 1.29 is 18.8 Å². The van der Waals surface area contributed by atoms with E-state index in [9.17, 15) is 4.79 Å². The summed E-state index contributed by atoms with van der Waals surface area (Å²) < 4.78 is 15.9. The zero-order chi connectivity index (χ0) is 19.5. The molecule has 0 aliphatic carbocycles. The molecular formula is C21H21N3O4. The Morgan fingerprint density at radius 2 is 1.93 bits per heavy atom. The van der Waals surface area contributed by atoms with E-state index in [1.165, 1.54) is 7.11 Å². The van der Waals surface area contributed by atoms with Crippen molar-refractivity contribution in [2.75, 3.05) is 27.3 Å². The Hall–Kier alpha value is -3.35. The molecule has 1 fully saturated rings. The van der Waals surface area contributed by atoms with Crippen molar-refractivity contribution in [3.8, 4) is 11.5 Å². The average Bonchev–Trinajstić information content (AvgIpc) is 3.14. The first kappa shape index (κ1) is 18.0. The Balaban J connectivity index is 1.39. The van der Waals surface area contributed by atoms with Crippen molar-refractivity contribution in [3.63, 3.8) is 0 Å². The minimum atomic E-state index is -0.0835. The maximum Gasteiger partial charge on any atom is 0.257 e. The predicted octanol–water partition coefficient (Wildman–Crippen LogP) is 2.92. The van der Waals surface area contributed by atoms with Crippen LogP contribution in [-0.2, 0) is 6.42 Å². The SMILES string of the molecule is COc1ccc(C(=O)N2CC(c3nc(Cc4ccccc4)no3)C2)c(OC)c1. The molecule has 144 valence electrons. The lowest BCUT2D eigenvalue weighted by Crippen LogP contribution is -2.48. The molecule has 28 heavy (non-hydrogen) atoms. The molecule has 7 nitrogen and oxygen atoms in total. The molecule has 0 spiro atoms. The Morgan fingerprint density at radius 1 is 1.14 bits per heavy atom. The van der Waals surface area contributed by atoms with Gasteiger partial charge >= 0.3 is 0 Å². The van der Waals surface area contributed by atoms with Gasteiger partial charge in [-0.1, -0.05) is 35.5 Å². The summed E-state index contributed by atoms with van der Waals surface area (Å²) in [4.78, 5) is 19.0. The third-order valence-corrected chi connectivity index (χ3v) is 4.85. The highest BCUT2D eigenvalue weighted by atomic mass is 16.5. The number of carbonyl (C=O) groups excluding carboxylic acids is 1. The van der Waals surface area contributed by atoms with Crippen LogP contribution in [0.3, 0.4) is 0 Å². The normalized spacial score (nSPS) is 13.9. The molecule has 0 unspecified atom stereocenters. The minimum absolute atomic E-state index is 0.0604. The fraction of sp³-hybridized carbons (Fsp3) is 0.286. The van der Waals surface area contributed by atoms with Gasteiger partial charge in [0, 0.05) is 25.6 Å². The largest absolute Gasteiger partial charge is 0.497 e. The Kier molecular flexibility index (Phi) is 4.97. The van der Waals surface area contributed by atoms with Crippen LogP contribution in [-0.4, -0.2) is 48.3 Å². The number of methoxy groups -OCH3 is 2. The van der Waals surface area contributed by atoms with E-state index in [4.69, 9.17) is 14.0 Å². The first-order valence-electron chi connectivity index (χ1n) is 9.05. The van der Waals surface area contributed by atoms with Crippen molar-refractivity contribution in [1.29, 1.82) is 0 Å². The Bertz CT molecular complexity index is 965. The van der Waals surface area contributed by atoms with Crippen molar-refractivity contribution in [2.24, 2.45) is 0 Å². The molecule has 0 saturated carbocycles. The van der Waals surface area contributed by atoms with Gasteiger partial charge in [-0.05, 0) is 17.7 Å². The van der Waals surface area contributed by atoms with Gasteiger partial charge < -0.3 is 18.9 Å². The van der Waals surface area contributed by atoms with Crippen LogP contribution < -0.4 is 9.47 Å². The van der Waals surface area contributed by atoms with Gasteiger partial charge in [0.15, 0.2) is 5.82 Å². The predicted molar refractivity (Wildman–Crippen MR) is 102 cm³/mol. The van der Waals surface area contributed by atoms with Crippen LogP contribution in [0.5, 0.6) is 11.5 Å². The summed E-state index contributed by atoms with van der Waals surface area (Å²) in [6.45, 7) is 1.09. The zero-order valence-electron chi connectivity index (χ0n) is 15.8. The minimum Gasteiger partial charge on any atom is -0.497 e. The molecule has 1 saturated heterocycles. The Labute approximate surface area is 162 Å². The van der Waals surface area contributed by atoms with E-state index in [1.807, 2.05) is 30.3 Å². The molecule has 0 N–H and O–H groups in total. The molecule has 7 heteroatoms. The topological polar surface area (TPSA) is 77.7 Å². The van der Waals surface area contributed by atoms with Crippen molar-refractivity contribution >= 4 is 5.91 Å². The van der Waals surface area contributed by atoms with Crippen molar-refractivity contribution in [1.82, 2.24) is 15.0 Å². The van der Waals surface area contributed by atoms with E-state index in [0.29, 0.717) is 48.3 Å². The maximum absolute atomic E-state index is 12.8. The highest BCUT2D eigenvalue weighted by Gasteiger charge is 2.36. The zero-order valence-corrected chi connectivity index (χ0v) is 15.8. The lowest BCUT2D eigenvalue weighted by Gasteiger charge is -2.37. The quantitative estimate of drug-likeness (QED) is 0.655. The number of rotatable bonds is 6. The van der Waals surface area contributed by atoms with Gasteiger partial charge in [0.2, 0.25) is 5.89 Å². The standard InChI is InChI=1S/C21H21N3O4/c1-26-16-8-9-17(18(11-16)27-2)21(25)24-12-15(13-24)20-22-19(23-28-20)10-14-6-4-3-5-7-14/h3-9,11,15H,10,12-13H2,1-2H3. The second-order valence-corrected chi connectivity index (χ2v) is 6.68. The lowest BCUT2D eigenvalue weighted by molar-refractivity contribution is 0.0566.